The summed E-state index contributed by atoms with van der Waals surface area (Å²) in [7, 11) is 0. The van der Waals surface area contributed by atoms with E-state index in [0.29, 0.717) is 23.5 Å². The quantitative estimate of drug-likeness (QED) is 0.467. The maximum atomic E-state index is 13.0. The van der Waals surface area contributed by atoms with Crippen LogP contribution >= 0.6 is 0 Å². The van der Waals surface area contributed by atoms with Gasteiger partial charge in [0, 0.05) is 11.3 Å². The summed E-state index contributed by atoms with van der Waals surface area (Å²) < 4.78 is 5.08. The first-order valence-corrected chi connectivity index (χ1v) is 10.7. The van der Waals surface area contributed by atoms with Gasteiger partial charge < -0.3 is 15.1 Å². The van der Waals surface area contributed by atoms with E-state index in [1.54, 1.807) is 32.0 Å². The lowest BCUT2D eigenvalue weighted by Crippen LogP contribution is -2.49. The van der Waals surface area contributed by atoms with Crippen molar-refractivity contribution in [2.24, 2.45) is 0 Å². The summed E-state index contributed by atoms with van der Waals surface area (Å²) in [5.41, 5.74) is 3.56. The number of nitrogens with zero attached hydrogens (tertiary/aromatic N) is 1. The normalized spacial score (nSPS) is 17.4. The zero-order valence-electron chi connectivity index (χ0n) is 18.8. The van der Waals surface area contributed by atoms with E-state index < -0.39 is 29.3 Å². The first kappa shape index (κ1) is 22.8. The van der Waals surface area contributed by atoms with Crippen LogP contribution in [0.5, 0.6) is 0 Å². The molecule has 0 aliphatic carbocycles. The number of amides is 5. The molecule has 0 saturated carbocycles. The van der Waals surface area contributed by atoms with Crippen molar-refractivity contribution < 1.29 is 23.6 Å². The molecule has 2 heterocycles. The fourth-order valence-electron chi connectivity index (χ4n) is 3.65. The number of rotatable bonds is 7. The van der Waals surface area contributed by atoms with Crippen molar-refractivity contribution in [1.29, 1.82) is 0 Å². The highest BCUT2D eigenvalue weighted by Crippen LogP contribution is 2.23. The van der Waals surface area contributed by atoms with Crippen molar-refractivity contribution in [1.82, 2.24) is 15.8 Å². The van der Waals surface area contributed by atoms with Gasteiger partial charge in [-0.05, 0) is 62.1 Å². The number of aryl methyl sites for hydroxylation is 2. The molecule has 0 unspecified atom stereocenters. The number of hydrazine groups is 1. The van der Waals surface area contributed by atoms with E-state index in [1.165, 1.54) is 18.4 Å². The van der Waals surface area contributed by atoms with E-state index in [4.69, 9.17) is 4.42 Å². The van der Waals surface area contributed by atoms with Gasteiger partial charge in [0.1, 0.15) is 5.54 Å². The monoisotopic (exact) mass is 460 g/mol. The molecule has 2 aromatic carbocycles. The predicted octanol–water partition coefficient (Wildman–Crippen LogP) is 3.43. The van der Waals surface area contributed by atoms with Gasteiger partial charge in [0.05, 0.1) is 6.26 Å². The first-order valence-electron chi connectivity index (χ1n) is 10.7. The third-order valence-electron chi connectivity index (χ3n) is 5.72. The Bertz CT molecular complexity index is 1240. The molecule has 4 rings (SSSR count). The van der Waals surface area contributed by atoms with Gasteiger partial charge in [-0.25, -0.2) is 4.79 Å². The highest BCUT2D eigenvalue weighted by Gasteiger charge is 2.48. The van der Waals surface area contributed by atoms with Crippen molar-refractivity contribution >= 4 is 29.4 Å². The third-order valence-corrected chi connectivity index (χ3v) is 5.72. The van der Waals surface area contributed by atoms with E-state index in [0.717, 1.165) is 11.1 Å². The Labute approximate surface area is 196 Å². The Kier molecular flexibility index (Phi) is 6.18. The number of imide groups is 1. The van der Waals surface area contributed by atoms with E-state index in [1.807, 2.05) is 30.3 Å². The molecule has 1 fully saturated rings. The minimum atomic E-state index is -1.14. The first-order chi connectivity index (χ1) is 16.3. The summed E-state index contributed by atoms with van der Waals surface area (Å²) in [6.07, 6.45) is 2.35. The van der Waals surface area contributed by atoms with E-state index in [9.17, 15) is 19.2 Å². The Morgan fingerprint density at radius 3 is 2.50 bits per heavy atom. The molecule has 3 aromatic rings. The number of hydrogen-bond donors (Lipinski definition) is 3. The summed E-state index contributed by atoms with van der Waals surface area (Å²) in [6, 6.07) is 16.7. The van der Waals surface area contributed by atoms with Gasteiger partial charge in [0.15, 0.2) is 5.76 Å². The third kappa shape index (κ3) is 4.68. The van der Waals surface area contributed by atoms with Crippen LogP contribution in [0.4, 0.5) is 10.5 Å². The molecule has 34 heavy (non-hydrogen) atoms. The number of nitrogens with one attached hydrogen (secondary N) is 3. The number of urea groups is 1. The van der Waals surface area contributed by atoms with Gasteiger partial charge in [-0.2, -0.15) is 5.01 Å². The van der Waals surface area contributed by atoms with Crippen LogP contribution in [0.15, 0.2) is 71.3 Å². The molecule has 9 nitrogen and oxygen atoms in total. The maximum absolute atomic E-state index is 13.0. The summed E-state index contributed by atoms with van der Waals surface area (Å²) in [5.74, 6) is -1.54. The standard InChI is InChI=1S/C25H24N4O5/c1-16-10-11-18(15-19(16)26-22(31)20-9-6-14-34-20)21(30)28-29-23(32)25(2,27-24(29)33)13-12-17-7-4-3-5-8-17/h3-11,14-15H,12-13H2,1-2H3,(H,26,31)(H,27,33)(H,28,30)/t25-/m1/s1. The minimum Gasteiger partial charge on any atom is -0.459 e. The van der Waals surface area contributed by atoms with Crippen molar-refractivity contribution in [3.63, 3.8) is 0 Å². The molecule has 174 valence electrons. The topological polar surface area (TPSA) is 121 Å². The lowest BCUT2D eigenvalue weighted by Gasteiger charge is -2.21. The Balaban J connectivity index is 1.44. The van der Waals surface area contributed by atoms with E-state index in [2.05, 4.69) is 16.1 Å². The smallest absolute Gasteiger partial charge is 0.344 e. The van der Waals surface area contributed by atoms with Crippen LogP contribution in [0.25, 0.3) is 0 Å². The highest BCUT2D eigenvalue weighted by molar-refractivity contribution is 6.09. The molecule has 0 radical (unpaired) electrons. The Hall–Kier alpha value is -4.40. The Morgan fingerprint density at radius 1 is 1.03 bits per heavy atom. The summed E-state index contributed by atoms with van der Waals surface area (Å²) >= 11 is 0. The summed E-state index contributed by atoms with van der Waals surface area (Å²) in [4.78, 5) is 50.6. The zero-order chi connectivity index (χ0) is 24.3. The zero-order valence-corrected chi connectivity index (χ0v) is 18.8. The Morgan fingerprint density at radius 2 is 1.79 bits per heavy atom. The largest absolute Gasteiger partial charge is 0.459 e. The van der Waals surface area contributed by atoms with Gasteiger partial charge in [0.25, 0.3) is 17.7 Å². The molecule has 5 amide bonds. The van der Waals surface area contributed by atoms with Gasteiger partial charge in [-0.1, -0.05) is 36.4 Å². The average Bonchev–Trinajstić information content (AvgIpc) is 3.44. The van der Waals surface area contributed by atoms with Crippen molar-refractivity contribution in [3.05, 3.63) is 89.4 Å². The van der Waals surface area contributed by atoms with Gasteiger partial charge in [0.2, 0.25) is 0 Å². The molecule has 3 N–H and O–H groups in total. The molecule has 1 aliphatic rings. The number of hydrogen-bond acceptors (Lipinski definition) is 5. The van der Waals surface area contributed by atoms with E-state index >= 15 is 0 Å². The van der Waals surface area contributed by atoms with Crippen LogP contribution in [0, 0.1) is 6.92 Å². The molecule has 0 spiro atoms. The van der Waals surface area contributed by atoms with Gasteiger partial charge >= 0.3 is 6.03 Å². The number of benzene rings is 2. The van der Waals surface area contributed by atoms with Gasteiger partial charge in [-0.15, -0.1) is 0 Å². The average molecular weight is 460 g/mol. The lowest BCUT2D eigenvalue weighted by atomic mass is 9.93. The van der Waals surface area contributed by atoms with E-state index in [-0.39, 0.29) is 11.3 Å². The number of furan rings is 1. The second kappa shape index (κ2) is 9.22. The van der Waals surface area contributed by atoms with Crippen LogP contribution in [0.2, 0.25) is 0 Å². The second-order valence-electron chi connectivity index (χ2n) is 8.29. The van der Waals surface area contributed by atoms with Crippen molar-refractivity contribution in [2.45, 2.75) is 32.2 Å². The molecule has 1 atom stereocenters. The van der Waals surface area contributed by atoms with Crippen LogP contribution in [-0.4, -0.2) is 34.3 Å². The predicted molar refractivity (Wildman–Crippen MR) is 124 cm³/mol. The SMILES string of the molecule is Cc1ccc(C(=O)NN2C(=O)N[C@](C)(CCc3ccccc3)C2=O)cc1NC(=O)c1ccco1. The molecule has 1 aliphatic heterocycles. The van der Waals surface area contributed by atoms with Crippen molar-refractivity contribution in [3.8, 4) is 0 Å². The second-order valence-corrected chi connectivity index (χ2v) is 8.29. The number of anilines is 1. The molecule has 1 saturated heterocycles. The lowest BCUT2D eigenvalue weighted by molar-refractivity contribution is -0.132. The molecule has 0 bridgehead atoms. The summed E-state index contributed by atoms with van der Waals surface area (Å²) in [6.45, 7) is 3.41. The minimum absolute atomic E-state index is 0.128. The molecular weight excluding hydrogens is 436 g/mol. The number of carbonyl (C=O) groups excluding carboxylic acids is 4. The molecule has 1 aromatic heterocycles. The van der Waals surface area contributed by atoms with Gasteiger partial charge in [-0.3, -0.25) is 19.8 Å². The fraction of sp³-hybridized carbons (Fsp3) is 0.200. The van der Waals surface area contributed by atoms with Crippen molar-refractivity contribution in [2.75, 3.05) is 5.32 Å². The van der Waals surface area contributed by atoms with Crippen LogP contribution < -0.4 is 16.1 Å². The van der Waals surface area contributed by atoms with Crippen LogP contribution in [0.3, 0.4) is 0 Å². The van der Waals surface area contributed by atoms with Crippen LogP contribution in [-0.2, 0) is 11.2 Å². The fourth-order valence-corrected chi connectivity index (χ4v) is 3.65. The van der Waals surface area contributed by atoms with Crippen LogP contribution in [0.1, 0.15) is 45.4 Å². The highest BCUT2D eigenvalue weighted by atomic mass is 16.3. The maximum Gasteiger partial charge on any atom is 0.344 e. The molecular formula is C25H24N4O5. The number of carbonyl (C=O) groups is 4. The molecule has 9 heteroatoms. The summed E-state index contributed by atoms with van der Waals surface area (Å²) in [5, 5.41) is 6.07.